The van der Waals surface area contributed by atoms with Crippen LogP contribution in [0.25, 0.3) is 0 Å². The minimum Gasteiger partial charge on any atom is -0.496 e. The number of para-hydroxylation sites is 1. The summed E-state index contributed by atoms with van der Waals surface area (Å²) in [6.45, 7) is 1.58. The molecule has 5 heteroatoms. The number of carbonyl (C=O) groups is 1. The zero-order valence-electron chi connectivity index (χ0n) is 14.5. The summed E-state index contributed by atoms with van der Waals surface area (Å²) in [6, 6.07) is 8.24. The molecule has 0 aromatic heterocycles. The highest BCUT2D eigenvalue weighted by atomic mass is 16.5. The van der Waals surface area contributed by atoms with E-state index in [1.807, 2.05) is 18.2 Å². The Hall–Kier alpha value is -1.59. The fraction of sp³-hybridized carbons (Fsp3) is 0.632. The Morgan fingerprint density at radius 3 is 2.92 bits per heavy atom. The number of hydrogen-bond donors (Lipinski definition) is 3. The van der Waals surface area contributed by atoms with Gasteiger partial charge in [-0.05, 0) is 25.0 Å². The lowest BCUT2D eigenvalue weighted by molar-refractivity contribution is -0.944. The molecule has 132 valence electrons. The molecule has 1 aromatic rings. The molecule has 5 nitrogen and oxygen atoms in total. The van der Waals surface area contributed by atoms with Crippen molar-refractivity contribution in [3.05, 3.63) is 29.8 Å². The summed E-state index contributed by atoms with van der Waals surface area (Å²) in [4.78, 5) is 12.6. The van der Waals surface area contributed by atoms with Gasteiger partial charge in [-0.3, -0.25) is 4.79 Å². The zero-order valence-corrected chi connectivity index (χ0v) is 14.5. The number of hydrogen-bond acceptors (Lipinski definition) is 3. The fourth-order valence-corrected chi connectivity index (χ4v) is 4.78. The number of quaternary nitrogens is 1. The average Bonchev–Trinajstić information content (AvgIpc) is 2.59. The molecule has 2 aliphatic rings. The molecular formula is C19H29N2O3+. The van der Waals surface area contributed by atoms with Crippen molar-refractivity contribution in [2.75, 3.05) is 20.2 Å². The highest BCUT2D eigenvalue weighted by Crippen LogP contribution is 2.45. The zero-order chi connectivity index (χ0) is 17.2. The summed E-state index contributed by atoms with van der Waals surface area (Å²) in [5, 5.41) is 11.2. The second kappa shape index (κ2) is 7.11. The summed E-state index contributed by atoms with van der Waals surface area (Å²) in [5.74, 6) is 0.818. The first-order valence-electron chi connectivity index (χ1n) is 9.03. The Kier molecular flexibility index (Phi) is 5.11. The maximum atomic E-state index is 11.3. The summed E-state index contributed by atoms with van der Waals surface area (Å²) < 4.78 is 5.60. The molecule has 1 saturated carbocycles. The third-order valence-electron chi connectivity index (χ3n) is 5.95. The van der Waals surface area contributed by atoms with Gasteiger partial charge in [-0.2, -0.15) is 0 Å². The topological polar surface area (TPSA) is 77.0 Å². The van der Waals surface area contributed by atoms with Crippen LogP contribution in [-0.2, 0) is 4.79 Å². The van der Waals surface area contributed by atoms with Gasteiger partial charge in [-0.1, -0.05) is 25.0 Å². The van der Waals surface area contributed by atoms with Crippen molar-refractivity contribution < 1.29 is 19.5 Å². The molecule has 1 aromatic carbocycles. The number of likely N-dealkylation sites (tertiary alicyclic amines) is 1. The van der Waals surface area contributed by atoms with E-state index < -0.39 is 5.60 Å². The molecule has 0 radical (unpaired) electrons. The third kappa shape index (κ3) is 3.28. The lowest BCUT2D eigenvalue weighted by Crippen LogP contribution is -3.15. The molecule has 1 saturated heterocycles. The van der Waals surface area contributed by atoms with E-state index >= 15 is 0 Å². The van der Waals surface area contributed by atoms with Crippen molar-refractivity contribution >= 4 is 5.91 Å². The van der Waals surface area contributed by atoms with Crippen LogP contribution in [0, 0.1) is 5.92 Å². The highest BCUT2D eigenvalue weighted by Gasteiger charge is 2.52. The van der Waals surface area contributed by atoms with E-state index in [1.165, 1.54) is 4.90 Å². The number of ether oxygens (including phenoxy) is 1. The molecule has 2 fully saturated rings. The standard InChI is InChI=1S/C19H28N2O3/c1-24-16-8-3-2-6-14(16)18-15-7-4-5-10-19(15,23)11-13-21(18)12-9-17(20)22/h2-3,6,8,15,18,23H,4-5,7,9-13H2,1H3,(H2,20,22)/p+1/t15-,18+,19+/m0/s1. The van der Waals surface area contributed by atoms with E-state index in [0.717, 1.165) is 50.0 Å². The summed E-state index contributed by atoms with van der Waals surface area (Å²) >= 11 is 0. The van der Waals surface area contributed by atoms with Crippen LogP contribution in [0.5, 0.6) is 5.75 Å². The van der Waals surface area contributed by atoms with E-state index in [1.54, 1.807) is 7.11 Å². The number of methoxy groups -OCH3 is 1. The molecule has 4 N–H and O–H groups in total. The molecule has 24 heavy (non-hydrogen) atoms. The van der Waals surface area contributed by atoms with Crippen molar-refractivity contribution in [1.29, 1.82) is 0 Å². The number of rotatable bonds is 5. The van der Waals surface area contributed by atoms with E-state index in [4.69, 9.17) is 10.5 Å². The van der Waals surface area contributed by atoms with Crippen LogP contribution >= 0.6 is 0 Å². The normalized spacial score (nSPS) is 32.8. The van der Waals surface area contributed by atoms with Crippen molar-refractivity contribution in [3.8, 4) is 5.75 Å². The smallest absolute Gasteiger partial charge is 0.223 e. The van der Waals surface area contributed by atoms with Gasteiger partial charge < -0.3 is 20.5 Å². The highest BCUT2D eigenvalue weighted by molar-refractivity contribution is 5.73. The number of nitrogens with two attached hydrogens (primary N) is 1. The van der Waals surface area contributed by atoms with Gasteiger partial charge in [0.25, 0.3) is 0 Å². The Labute approximate surface area is 143 Å². The summed E-state index contributed by atoms with van der Waals surface area (Å²) in [7, 11) is 1.69. The van der Waals surface area contributed by atoms with E-state index in [9.17, 15) is 9.90 Å². The lowest BCUT2D eigenvalue weighted by atomic mass is 9.66. The van der Waals surface area contributed by atoms with Crippen molar-refractivity contribution in [3.63, 3.8) is 0 Å². The maximum Gasteiger partial charge on any atom is 0.223 e. The number of aliphatic hydroxyl groups is 1. The SMILES string of the molecule is COc1ccccc1[C@@H]1[C@@H]2CCCC[C@@]2(O)CC[NH+]1CCC(N)=O. The number of primary amides is 1. The molecular weight excluding hydrogens is 304 g/mol. The minimum absolute atomic E-state index is 0.152. The van der Waals surface area contributed by atoms with Gasteiger partial charge in [0.15, 0.2) is 0 Å². The van der Waals surface area contributed by atoms with E-state index in [0.29, 0.717) is 13.0 Å². The monoisotopic (exact) mass is 333 g/mol. The quantitative estimate of drug-likeness (QED) is 0.747. The summed E-state index contributed by atoms with van der Waals surface area (Å²) in [5.41, 5.74) is 5.94. The third-order valence-corrected chi connectivity index (χ3v) is 5.95. The molecule has 1 unspecified atom stereocenters. The van der Waals surface area contributed by atoms with Gasteiger partial charge in [-0.15, -0.1) is 0 Å². The molecule has 1 aliphatic carbocycles. The number of fused-ring (bicyclic) bond motifs is 1. The molecule has 1 heterocycles. The van der Waals surface area contributed by atoms with Crippen molar-refractivity contribution in [2.45, 2.75) is 50.2 Å². The Bertz CT molecular complexity index is 592. The maximum absolute atomic E-state index is 11.3. The van der Waals surface area contributed by atoms with Gasteiger partial charge in [0, 0.05) is 12.3 Å². The van der Waals surface area contributed by atoms with E-state index in [-0.39, 0.29) is 17.9 Å². The molecule has 1 aliphatic heterocycles. The second-order valence-corrected chi connectivity index (χ2v) is 7.30. The predicted octanol–water partition coefficient (Wildman–Crippen LogP) is 0.822. The number of carbonyl (C=O) groups excluding carboxylic acids is 1. The Morgan fingerprint density at radius 2 is 2.17 bits per heavy atom. The fourth-order valence-electron chi connectivity index (χ4n) is 4.78. The first-order chi connectivity index (χ1) is 11.5. The van der Waals surface area contributed by atoms with Gasteiger partial charge in [0.1, 0.15) is 11.8 Å². The van der Waals surface area contributed by atoms with Crippen molar-refractivity contribution in [1.82, 2.24) is 0 Å². The first-order valence-corrected chi connectivity index (χ1v) is 9.03. The number of amides is 1. The summed E-state index contributed by atoms with van der Waals surface area (Å²) in [6.07, 6.45) is 5.35. The first kappa shape index (κ1) is 17.2. The minimum atomic E-state index is -0.583. The molecule has 1 amide bonds. The molecule has 0 bridgehead atoms. The van der Waals surface area contributed by atoms with Crippen LogP contribution in [0.1, 0.15) is 50.1 Å². The van der Waals surface area contributed by atoms with Crippen LogP contribution < -0.4 is 15.4 Å². The molecule has 3 rings (SSSR count). The molecule has 4 atom stereocenters. The van der Waals surface area contributed by atoms with Gasteiger partial charge in [0.2, 0.25) is 5.91 Å². The van der Waals surface area contributed by atoms with Crippen LogP contribution in [0.2, 0.25) is 0 Å². The second-order valence-electron chi connectivity index (χ2n) is 7.30. The van der Waals surface area contributed by atoms with Crippen LogP contribution in [0.15, 0.2) is 24.3 Å². The van der Waals surface area contributed by atoms with Crippen molar-refractivity contribution in [2.24, 2.45) is 11.7 Å². The number of piperidine rings is 1. The molecule has 0 spiro atoms. The Morgan fingerprint density at radius 1 is 1.38 bits per heavy atom. The van der Waals surface area contributed by atoms with Gasteiger partial charge in [0.05, 0.1) is 37.8 Å². The largest absolute Gasteiger partial charge is 0.496 e. The lowest BCUT2D eigenvalue weighted by Gasteiger charge is -2.50. The number of benzene rings is 1. The number of nitrogens with one attached hydrogen (secondary N) is 1. The van der Waals surface area contributed by atoms with Gasteiger partial charge >= 0.3 is 0 Å². The van der Waals surface area contributed by atoms with Crippen LogP contribution in [0.3, 0.4) is 0 Å². The van der Waals surface area contributed by atoms with Crippen LogP contribution in [0.4, 0.5) is 0 Å². The predicted molar refractivity (Wildman–Crippen MR) is 91.8 cm³/mol. The Balaban J connectivity index is 1.96. The van der Waals surface area contributed by atoms with E-state index in [2.05, 4.69) is 6.07 Å². The van der Waals surface area contributed by atoms with Gasteiger partial charge in [-0.25, -0.2) is 0 Å². The average molecular weight is 333 g/mol. The van der Waals surface area contributed by atoms with Crippen LogP contribution in [-0.4, -0.2) is 36.8 Å².